The molecule has 2 aromatic carbocycles. The summed E-state index contributed by atoms with van der Waals surface area (Å²) in [5.74, 6) is -0.736. The third kappa shape index (κ3) is 12.3. The summed E-state index contributed by atoms with van der Waals surface area (Å²) in [6, 6.07) is 17.5. The maximum Gasteiger partial charge on any atom is 0.479 e. The van der Waals surface area contributed by atoms with Crippen molar-refractivity contribution in [3.63, 3.8) is 0 Å². The Bertz CT molecular complexity index is 1210. The smallest absolute Gasteiger partial charge is 0.426 e. The van der Waals surface area contributed by atoms with Gasteiger partial charge in [-0.3, -0.25) is 23.9 Å². The first kappa shape index (κ1) is 33.7. The minimum atomic E-state index is -4.00. The number of unbranched alkanes of at least 4 members (excludes halogenated alkanes) is 1. The number of hydrogen-bond acceptors (Lipinski definition) is 7. The lowest BCUT2D eigenvalue weighted by Gasteiger charge is -2.26. The van der Waals surface area contributed by atoms with Crippen LogP contribution in [0.4, 0.5) is 0 Å². The lowest BCUT2D eigenvalue weighted by molar-refractivity contribution is -0.148. The van der Waals surface area contributed by atoms with Gasteiger partial charge in [0.2, 0.25) is 5.91 Å². The molecule has 14 heteroatoms. The number of carbonyl (C=O) groups is 2. The summed E-state index contributed by atoms with van der Waals surface area (Å²) in [7, 11) is -5.16. The maximum atomic E-state index is 12.8. The Balaban J connectivity index is 0.000000493. The van der Waals surface area contributed by atoms with Gasteiger partial charge in [0.15, 0.2) is 5.96 Å². The van der Waals surface area contributed by atoms with Crippen LogP contribution in [0, 0.1) is 5.41 Å². The van der Waals surface area contributed by atoms with Crippen molar-refractivity contribution in [2.75, 3.05) is 13.1 Å². The van der Waals surface area contributed by atoms with Crippen LogP contribution in [0.3, 0.4) is 0 Å². The van der Waals surface area contributed by atoms with Crippen LogP contribution in [0.1, 0.15) is 50.5 Å². The Labute approximate surface area is 241 Å². The van der Waals surface area contributed by atoms with E-state index in [-0.39, 0.29) is 16.8 Å². The molecule has 1 aliphatic carbocycles. The monoisotopic (exact) mass is 589 g/mol. The molecule has 1 aliphatic rings. The number of amides is 2. The van der Waals surface area contributed by atoms with Gasteiger partial charge < -0.3 is 21.8 Å². The van der Waals surface area contributed by atoms with E-state index in [1.807, 2.05) is 18.2 Å². The first-order chi connectivity index (χ1) is 19.5. The maximum absolute atomic E-state index is 12.8. The summed E-state index contributed by atoms with van der Waals surface area (Å²) in [6.45, 7) is 0.969. The molecule has 2 aromatic rings. The van der Waals surface area contributed by atoms with E-state index in [1.165, 1.54) is 17.7 Å². The van der Waals surface area contributed by atoms with Crippen LogP contribution in [0.2, 0.25) is 6.32 Å². The molecule has 3 rings (SSSR count). The fourth-order valence-electron chi connectivity index (χ4n) is 4.35. The van der Waals surface area contributed by atoms with Crippen molar-refractivity contribution in [3.8, 4) is 0 Å². The lowest BCUT2D eigenvalue weighted by Crippen LogP contribution is -2.51. The van der Waals surface area contributed by atoms with Crippen molar-refractivity contribution in [1.82, 2.24) is 10.8 Å². The number of hydroxylamine groups is 1. The number of aliphatic imine (C=N–C) groups is 1. The molecule has 0 radical (unpaired) electrons. The first-order valence-electron chi connectivity index (χ1n) is 13.6. The number of guanidine groups is 1. The van der Waals surface area contributed by atoms with Gasteiger partial charge in [-0.15, -0.1) is 0 Å². The minimum absolute atomic E-state index is 0.0317. The molecule has 0 unspecified atom stereocenters. The third-order valence-electron chi connectivity index (χ3n) is 6.58. The highest BCUT2D eigenvalue weighted by atomic mass is 32.2. The highest BCUT2D eigenvalue weighted by Gasteiger charge is 2.48. The number of benzene rings is 2. The van der Waals surface area contributed by atoms with Gasteiger partial charge in [-0.2, -0.15) is 8.42 Å². The molecule has 0 heterocycles. The third-order valence-corrected chi connectivity index (χ3v) is 7.45. The second-order valence-electron chi connectivity index (χ2n) is 9.73. The molecule has 0 aliphatic heterocycles. The van der Waals surface area contributed by atoms with Crippen LogP contribution in [0.25, 0.3) is 0 Å². The number of nitrogens with one attached hydrogen (secondary N) is 2. The lowest BCUT2D eigenvalue weighted by atomic mass is 9.82. The molecule has 0 spiro atoms. The van der Waals surface area contributed by atoms with Gasteiger partial charge in [-0.25, -0.2) is 5.48 Å². The number of nitrogens with two attached hydrogens (primary N) is 2. The van der Waals surface area contributed by atoms with Crippen LogP contribution in [-0.4, -0.2) is 56.0 Å². The first-order valence-corrected chi connectivity index (χ1v) is 15.0. The van der Waals surface area contributed by atoms with Gasteiger partial charge in [0.25, 0.3) is 16.0 Å². The van der Waals surface area contributed by atoms with Gasteiger partial charge in [0, 0.05) is 13.1 Å². The van der Waals surface area contributed by atoms with E-state index in [0.29, 0.717) is 45.1 Å². The fourth-order valence-corrected chi connectivity index (χ4v) is 4.85. The summed E-state index contributed by atoms with van der Waals surface area (Å²) in [5, 5.41) is 12.8. The van der Waals surface area contributed by atoms with Crippen molar-refractivity contribution >= 4 is 35.0 Å². The Hall–Kier alpha value is -3.46. The van der Waals surface area contributed by atoms with Crippen LogP contribution in [0.15, 0.2) is 70.6 Å². The quantitative estimate of drug-likeness (QED) is 0.0361. The zero-order valence-corrected chi connectivity index (χ0v) is 23.9. The molecule has 0 atom stereocenters. The predicted molar refractivity (Wildman–Crippen MR) is 157 cm³/mol. The highest BCUT2D eigenvalue weighted by molar-refractivity contribution is 7.85. The molecule has 8 N–H and O–H groups in total. The van der Waals surface area contributed by atoms with Crippen LogP contribution in [0.5, 0.6) is 0 Å². The molecule has 0 aromatic heterocycles. The fraction of sp³-hybridized carbons (Fsp3) is 0.444. The number of carbonyl (C=O) groups excluding carboxylic acids is 2. The topological polar surface area (TPSA) is 206 Å². The summed E-state index contributed by atoms with van der Waals surface area (Å²) >= 11 is 0. The number of rotatable bonds is 14. The zero-order chi connectivity index (χ0) is 30.1. The second kappa shape index (κ2) is 17.4. The number of nitrogens with zero attached hydrogens (tertiary/aromatic N) is 1. The Morgan fingerprint density at radius 2 is 1.56 bits per heavy atom. The van der Waals surface area contributed by atoms with Crippen molar-refractivity contribution in [2.24, 2.45) is 21.9 Å². The van der Waals surface area contributed by atoms with E-state index < -0.39 is 28.6 Å². The Kier molecular flexibility index (Phi) is 14.3. The summed E-state index contributed by atoms with van der Waals surface area (Å²) in [6.07, 6.45) is 5.84. The summed E-state index contributed by atoms with van der Waals surface area (Å²) in [4.78, 5) is 29.4. The molecule has 0 bridgehead atoms. The van der Waals surface area contributed by atoms with E-state index in [4.69, 9.17) is 20.8 Å². The molecule has 1 fully saturated rings. The van der Waals surface area contributed by atoms with Crippen molar-refractivity contribution in [3.05, 3.63) is 66.2 Å². The molecule has 1 saturated carbocycles. The summed E-state index contributed by atoms with van der Waals surface area (Å²) in [5.41, 5.74) is 12.9. The molecule has 12 nitrogen and oxygen atoms in total. The molecule has 41 heavy (non-hydrogen) atoms. The minimum Gasteiger partial charge on any atom is -0.426 e. The Morgan fingerprint density at radius 1 is 0.951 bits per heavy atom. The molecule has 2 amide bonds. The summed E-state index contributed by atoms with van der Waals surface area (Å²) < 4.78 is 34.3. The average Bonchev–Trinajstić information content (AvgIpc) is 3.46. The van der Waals surface area contributed by atoms with E-state index in [0.717, 1.165) is 25.7 Å². The second-order valence-corrected chi connectivity index (χ2v) is 11.1. The number of hydrogen-bond donors (Lipinski definition) is 6. The SMILES string of the molecule is NC(N)=NCCCCB(O)ONC(=O)C1(C(=O)NCCCc2ccccc2)CCCC1.O=S(=O)(O)c1ccccc1. The van der Waals surface area contributed by atoms with Gasteiger partial charge in [0.1, 0.15) is 5.41 Å². The van der Waals surface area contributed by atoms with Crippen molar-refractivity contribution in [2.45, 2.75) is 62.6 Å². The number of aryl methyl sites for hydroxylation is 1. The molecular weight excluding hydrogens is 549 g/mol. The van der Waals surface area contributed by atoms with Crippen LogP contribution in [-0.2, 0) is 30.9 Å². The largest absolute Gasteiger partial charge is 0.479 e. The van der Waals surface area contributed by atoms with Gasteiger partial charge in [-0.05, 0) is 56.1 Å². The van der Waals surface area contributed by atoms with Crippen LogP contribution >= 0.6 is 0 Å². The van der Waals surface area contributed by atoms with Crippen molar-refractivity contribution in [1.29, 1.82) is 0 Å². The highest BCUT2D eigenvalue weighted by Crippen LogP contribution is 2.38. The van der Waals surface area contributed by atoms with Gasteiger partial charge in [0.05, 0.1) is 4.90 Å². The van der Waals surface area contributed by atoms with Gasteiger partial charge in [-0.1, -0.05) is 67.8 Å². The van der Waals surface area contributed by atoms with E-state index >= 15 is 0 Å². The zero-order valence-electron chi connectivity index (χ0n) is 23.1. The average molecular weight is 590 g/mol. The Morgan fingerprint density at radius 3 is 2.12 bits per heavy atom. The van der Waals surface area contributed by atoms with E-state index in [9.17, 15) is 23.0 Å². The normalized spacial score (nSPS) is 13.8. The predicted octanol–water partition coefficient (Wildman–Crippen LogP) is 1.81. The van der Waals surface area contributed by atoms with Crippen molar-refractivity contribution < 1.29 is 32.3 Å². The molecule has 224 valence electrons. The van der Waals surface area contributed by atoms with Crippen LogP contribution < -0.4 is 22.3 Å². The standard InChI is InChI=1S/C21H34BN5O4.C6H6O3S/c23-20(24)26-15-7-6-14-22(30)31-27-19(29)21(12-4-5-13-21)18(28)25-16-8-11-17-9-2-1-3-10-17;7-10(8,9)6-4-2-1-3-5-6/h1-3,9-10,30H,4-8,11-16H2,(H,25,28)(H,27,29)(H4,23,24,26);1-5H,(H,7,8,9). The molecule has 0 saturated heterocycles. The van der Waals surface area contributed by atoms with Gasteiger partial charge >= 0.3 is 7.12 Å². The molecular formula is C27H40BN5O7S. The van der Waals surface area contributed by atoms with E-state index in [2.05, 4.69) is 27.9 Å². The van der Waals surface area contributed by atoms with E-state index in [1.54, 1.807) is 18.2 Å².